The van der Waals surface area contributed by atoms with Gasteiger partial charge in [-0.25, -0.2) is 4.39 Å². The van der Waals surface area contributed by atoms with Crippen molar-refractivity contribution in [3.05, 3.63) is 48.0 Å². The number of halogens is 1. The zero-order valence-electron chi connectivity index (χ0n) is 9.15. The minimum absolute atomic E-state index is 0.223. The van der Waals surface area contributed by atoms with Crippen molar-refractivity contribution in [2.75, 3.05) is 11.9 Å². The largest absolute Gasteiger partial charge is 0.381 e. The number of hydrogen-bond donors (Lipinski definition) is 1. The van der Waals surface area contributed by atoms with Gasteiger partial charge in [0, 0.05) is 12.7 Å². The van der Waals surface area contributed by atoms with Gasteiger partial charge in [-0.3, -0.25) is 4.68 Å². The summed E-state index contributed by atoms with van der Waals surface area (Å²) in [6.07, 6.45) is 3.77. The van der Waals surface area contributed by atoms with E-state index in [0.717, 1.165) is 12.1 Å². The Morgan fingerprint density at radius 3 is 2.88 bits per heavy atom. The van der Waals surface area contributed by atoms with Crippen molar-refractivity contribution in [3.8, 4) is 0 Å². The van der Waals surface area contributed by atoms with E-state index in [2.05, 4.69) is 10.4 Å². The standard InChI is InChI=1S/C12H14FN3/c1-10-8-15-16(9-10)7-6-14-12-5-3-2-4-11(12)13/h2-5,8-9,14H,6-7H2,1H3. The van der Waals surface area contributed by atoms with Gasteiger partial charge >= 0.3 is 0 Å². The molecule has 0 aliphatic carbocycles. The molecule has 0 fully saturated rings. The third-order valence-corrected chi connectivity index (χ3v) is 2.29. The second-order valence-corrected chi connectivity index (χ2v) is 3.69. The number of aryl methyl sites for hydroxylation is 1. The van der Waals surface area contributed by atoms with Crippen LogP contribution in [0, 0.1) is 12.7 Å². The van der Waals surface area contributed by atoms with E-state index in [1.54, 1.807) is 12.1 Å². The minimum atomic E-state index is -0.223. The smallest absolute Gasteiger partial charge is 0.146 e. The van der Waals surface area contributed by atoms with E-state index in [4.69, 9.17) is 0 Å². The van der Waals surface area contributed by atoms with Gasteiger partial charge in [0.15, 0.2) is 0 Å². The minimum Gasteiger partial charge on any atom is -0.381 e. The molecule has 0 unspecified atom stereocenters. The Balaban J connectivity index is 1.87. The van der Waals surface area contributed by atoms with E-state index in [0.29, 0.717) is 12.2 Å². The number of aromatic nitrogens is 2. The Hall–Kier alpha value is -1.84. The maximum atomic E-state index is 13.2. The first-order chi connectivity index (χ1) is 7.75. The summed E-state index contributed by atoms with van der Waals surface area (Å²) in [6.45, 7) is 3.37. The summed E-state index contributed by atoms with van der Waals surface area (Å²) in [7, 11) is 0. The maximum absolute atomic E-state index is 13.2. The van der Waals surface area contributed by atoms with Crippen LogP contribution in [0.4, 0.5) is 10.1 Å². The topological polar surface area (TPSA) is 29.9 Å². The van der Waals surface area contributed by atoms with E-state index in [1.807, 2.05) is 30.1 Å². The highest BCUT2D eigenvalue weighted by Gasteiger charge is 1.99. The number of nitrogens with one attached hydrogen (secondary N) is 1. The van der Waals surface area contributed by atoms with Gasteiger partial charge in [-0.05, 0) is 24.6 Å². The van der Waals surface area contributed by atoms with Crippen molar-refractivity contribution in [1.82, 2.24) is 9.78 Å². The van der Waals surface area contributed by atoms with Crippen LogP contribution in [0.25, 0.3) is 0 Å². The van der Waals surface area contributed by atoms with Gasteiger partial charge in [0.2, 0.25) is 0 Å². The molecule has 2 rings (SSSR count). The number of nitrogens with zero attached hydrogens (tertiary/aromatic N) is 2. The molecule has 0 atom stereocenters. The highest BCUT2D eigenvalue weighted by molar-refractivity contribution is 5.44. The number of hydrogen-bond acceptors (Lipinski definition) is 2. The van der Waals surface area contributed by atoms with Gasteiger partial charge in [-0.2, -0.15) is 5.10 Å². The normalized spacial score (nSPS) is 10.4. The molecule has 0 saturated carbocycles. The second kappa shape index (κ2) is 4.79. The Morgan fingerprint density at radius 2 is 2.19 bits per heavy atom. The molecule has 0 spiro atoms. The lowest BCUT2D eigenvalue weighted by molar-refractivity contribution is 0.617. The first-order valence-electron chi connectivity index (χ1n) is 5.23. The molecule has 0 bridgehead atoms. The van der Waals surface area contributed by atoms with Gasteiger partial charge in [0.05, 0.1) is 18.4 Å². The van der Waals surface area contributed by atoms with Crippen molar-refractivity contribution < 1.29 is 4.39 Å². The molecule has 2 aromatic rings. The van der Waals surface area contributed by atoms with Crippen LogP contribution in [0.15, 0.2) is 36.7 Å². The molecule has 0 radical (unpaired) electrons. The molecule has 0 aliphatic rings. The Labute approximate surface area is 93.9 Å². The molecule has 16 heavy (non-hydrogen) atoms. The number of rotatable bonds is 4. The van der Waals surface area contributed by atoms with Crippen LogP contribution in [0.3, 0.4) is 0 Å². The van der Waals surface area contributed by atoms with Gasteiger partial charge in [-0.1, -0.05) is 12.1 Å². The first kappa shape index (κ1) is 10.7. The van der Waals surface area contributed by atoms with Crippen LogP contribution in [-0.2, 0) is 6.54 Å². The van der Waals surface area contributed by atoms with Crippen molar-refractivity contribution in [3.63, 3.8) is 0 Å². The van der Waals surface area contributed by atoms with Crippen molar-refractivity contribution in [1.29, 1.82) is 0 Å². The molecule has 1 aromatic heterocycles. The van der Waals surface area contributed by atoms with E-state index in [9.17, 15) is 4.39 Å². The highest BCUT2D eigenvalue weighted by Crippen LogP contribution is 2.11. The first-order valence-corrected chi connectivity index (χ1v) is 5.23. The summed E-state index contributed by atoms with van der Waals surface area (Å²) in [4.78, 5) is 0. The molecule has 84 valence electrons. The zero-order valence-corrected chi connectivity index (χ0v) is 9.15. The molecule has 1 aromatic carbocycles. The number of anilines is 1. The number of para-hydroxylation sites is 1. The van der Waals surface area contributed by atoms with Crippen LogP contribution in [-0.4, -0.2) is 16.3 Å². The maximum Gasteiger partial charge on any atom is 0.146 e. The molecule has 0 amide bonds. The molecule has 1 N–H and O–H groups in total. The lowest BCUT2D eigenvalue weighted by Gasteiger charge is -2.07. The monoisotopic (exact) mass is 219 g/mol. The zero-order chi connectivity index (χ0) is 11.4. The number of benzene rings is 1. The quantitative estimate of drug-likeness (QED) is 0.856. The van der Waals surface area contributed by atoms with Crippen LogP contribution >= 0.6 is 0 Å². The Kier molecular flexibility index (Phi) is 3.19. The third-order valence-electron chi connectivity index (χ3n) is 2.29. The van der Waals surface area contributed by atoms with Crippen LogP contribution in [0.1, 0.15) is 5.56 Å². The molecule has 0 aliphatic heterocycles. The third kappa shape index (κ3) is 2.59. The van der Waals surface area contributed by atoms with Crippen molar-refractivity contribution >= 4 is 5.69 Å². The predicted molar refractivity (Wildman–Crippen MR) is 61.9 cm³/mol. The second-order valence-electron chi connectivity index (χ2n) is 3.69. The molecule has 4 heteroatoms. The van der Waals surface area contributed by atoms with Gasteiger partial charge < -0.3 is 5.32 Å². The van der Waals surface area contributed by atoms with Crippen LogP contribution in [0.5, 0.6) is 0 Å². The predicted octanol–water partition coefficient (Wildman–Crippen LogP) is 2.44. The lowest BCUT2D eigenvalue weighted by Crippen LogP contribution is -2.11. The fourth-order valence-corrected chi connectivity index (χ4v) is 1.50. The SMILES string of the molecule is Cc1cnn(CCNc2ccccc2F)c1. The van der Waals surface area contributed by atoms with Crippen LogP contribution < -0.4 is 5.32 Å². The summed E-state index contributed by atoms with van der Waals surface area (Å²) < 4.78 is 15.1. The van der Waals surface area contributed by atoms with Crippen molar-refractivity contribution in [2.24, 2.45) is 0 Å². The summed E-state index contributed by atoms with van der Waals surface area (Å²) >= 11 is 0. The Bertz CT molecular complexity index is 465. The molecular weight excluding hydrogens is 205 g/mol. The fourth-order valence-electron chi connectivity index (χ4n) is 1.50. The Morgan fingerprint density at radius 1 is 1.38 bits per heavy atom. The lowest BCUT2D eigenvalue weighted by atomic mass is 10.3. The molecule has 0 saturated heterocycles. The average molecular weight is 219 g/mol. The van der Waals surface area contributed by atoms with Gasteiger partial charge in [-0.15, -0.1) is 0 Å². The van der Waals surface area contributed by atoms with Crippen molar-refractivity contribution in [2.45, 2.75) is 13.5 Å². The van der Waals surface area contributed by atoms with E-state index in [-0.39, 0.29) is 5.82 Å². The highest BCUT2D eigenvalue weighted by atomic mass is 19.1. The van der Waals surface area contributed by atoms with E-state index < -0.39 is 0 Å². The summed E-state index contributed by atoms with van der Waals surface area (Å²) in [5.41, 5.74) is 1.66. The molecule has 3 nitrogen and oxygen atoms in total. The fraction of sp³-hybridized carbons (Fsp3) is 0.250. The van der Waals surface area contributed by atoms with E-state index >= 15 is 0 Å². The van der Waals surface area contributed by atoms with Gasteiger partial charge in [0.25, 0.3) is 0 Å². The van der Waals surface area contributed by atoms with Crippen LogP contribution in [0.2, 0.25) is 0 Å². The average Bonchev–Trinajstić information content (AvgIpc) is 2.67. The molecule has 1 heterocycles. The van der Waals surface area contributed by atoms with E-state index in [1.165, 1.54) is 6.07 Å². The molecular formula is C12H14FN3. The summed E-state index contributed by atoms with van der Waals surface area (Å²) in [6, 6.07) is 6.66. The summed E-state index contributed by atoms with van der Waals surface area (Å²) in [5, 5.41) is 7.19. The summed E-state index contributed by atoms with van der Waals surface area (Å²) in [5.74, 6) is -0.223. The van der Waals surface area contributed by atoms with Gasteiger partial charge in [0.1, 0.15) is 5.82 Å².